The van der Waals surface area contributed by atoms with Gasteiger partial charge in [0, 0.05) is 19.7 Å². The van der Waals surface area contributed by atoms with Gasteiger partial charge in [0.1, 0.15) is 5.69 Å². The number of hydrogen-bond donors (Lipinski definition) is 0. The zero-order chi connectivity index (χ0) is 20.3. The molecule has 0 aliphatic carbocycles. The largest absolute Gasteiger partial charge is 0.416 e. The Morgan fingerprint density at radius 3 is 2.25 bits per heavy atom. The van der Waals surface area contributed by atoms with Crippen LogP contribution in [0.4, 0.5) is 13.2 Å². The van der Waals surface area contributed by atoms with E-state index in [1.54, 1.807) is 30.3 Å². The second kappa shape index (κ2) is 7.67. The number of para-hydroxylation sites is 1. The first-order valence-electron chi connectivity index (χ1n) is 8.33. The van der Waals surface area contributed by atoms with Crippen LogP contribution in [0.1, 0.15) is 21.6 Å². The summed E-state index contributed by atoms with van der Waals surface area (Å²) in [6.45, 7) is 0.100. The Balaban J connectivity index is 1.79. The quantitative estimate of drug-likeness (QED) is 0.688. The van der Waals surface area contributed by atoms with Crippen molar-refractivity contribution in [1.82, 2.24) is 14.7 Å². The summed E-state index contributed by atoms with van der Waals surface area (Å²) in [4.78, 5) is 26.0. The maximum Gasteiger partial charge on any atom is 0.416 e. The maximum atomic E-state index is 12.6. The van der Waals surface area contributed by atoms with Crippen molar-refractivity contribution in [1.29, 1.82) is 0 Å². The number of hydrogen-bond acceptors (Lipinski definition) is 3. The predicted molar refractivity (Wildman–Crippen MR) is 97.1 cm³/mol. The number of halogens is 3. The molecule has 0 spiro atoms. The summed E-state index contributed by atoms with van der Waals surface area (Å²) in [5.41, 5.74) is -0.0133. The highest BCUT2D eigenvalue weighted by molar-refractivity contribution is 5.91. The smallest absolute Gasteiger partial charge is 0.336 e. The van der Waals surface area contributed by atoms with E-state index in [-0.39, 0.29) is 17.8 Å². The number of carbonyl (C=O) groups is 1. The SMILES string of the molecule is CN(Cc1ccc(C(F)(F)F)cc1)C(=O)c1ccc(=O)n(-c2ccccc2)n1. The molecule has 2 aromatic carbocycles. The topological polar surface area (TPSA) is 55.2 Å². The Labute approximate surface area is 158 Å². The van der Waals surface area contributed by atoms with Crippen molar-refractivity contribution in [2.24, 2.45) is 0 Å². The molecule has 0 saturated heterocycles. The van der Waals surface area contributed by atoms with E-state index in [2.05, 4.69) is 5.10 Å². The first-order valence-corrected chi connectivity index (χ1v) is 8.33. The van der Waals surface area contributed by atoms with Gasteiger partial charge in [-0.05, 0) is 35.9 Å². The molecule has 1 amide bonds. The molecule has 0 atom stereocenters. The number of amides is 1. The van der Waals surface area contributed by atoms with Gasteiger partial charge in [0.2, 0.25) is 0 Å². The van der Waals surface area contributed by atoms with Crippen LogP contribution in [0.3, 0.4) is 0 Å². The molecule has 1 heterocycles. The molecule has 144 valence electrons. The van der Waals surface area contributed by atoms with Crippen LogP contribution >= 0.6 is 0 Å². The Kier molecular flexibility index (Phi) is 5.30. The van der Waals surface area contributed by atoms with Gasteiger partial charge in [-0.25, -0.2) is 0 Å². The number of alkyl halides is 3. The van der Waals surface area contributed by atoms with Crippen molar-refractivity contribution in [3.8, 4) is 5.69 Å². The summed E-state index contributed by atoms with van der Waals surface area (Å²) in [6.07, 6.45) is -4.41. The second-order valence-corrected chi connectivity index (χ2v) is 6.16. The van der Waals surface area contributed by atoms with Crippen molar-refractivity contribution in [2.75, 3.05) is 7.05 Å². The van der Waals surface area contributed by atoms with Gasteiger partial charge in [0.05, 0.1) is 11.3 Å². The average Bonchev–Trinajstić information content (AvgIpc) is 2.68. The van der Waals surface area contributed by atoms with E-state index in [1.165, 1.54) is 36.2 Å². The molecule has 0 radical (unpaired) electrons. The number of carbonyl (C=O) groups excluding carboxylic acids is 1. The molecule has 1 aromatic heterocycles. The fourth-order valence-electron chi connectivity index (χ4n) is 2.62. The summed E-state index contributed by atoms with van der Waals surface area (Å²) in [5, 5.41) is 4.12. The Bertz CT molecular complexity index is 1030. The summed E-state index contributed by atoms with van der Waals surface area (Å²) >= 11 is 0. The standard InChI is InChI=1S/C20H16F3N3O2/c1-25(13-14-7-9-15(10-8-14)20(21,22)23)19(28)17-11-12-18(27)26(24-17)16-5-3-2-4-6-16/h2-12H,13H2,1H3. The molecular formula is C20H16F3N3O2. The van der Waals surface area contributed by atoms with Gasteiger partial charge in [0.15, 0.2) is 0 Å². The molecule has 3 aromatic rings. The highest BCUT2D eigenvalue weighted by atomic mass is 19.4. The number of rotatable bonds is 4. The monoisotopic (exact) mass is 387 g/mol. The minimum Gasteiger partial charge on any atom is -0.336 e. The molecule has 3 rings (SSSR count). The number of aromatic nitrogens is 2. The minimum absolute atomic E-state index is 0.0536. The molecule has 0 aliphatic heterocycles. The van der Waals surface area contributed by atoms with Crippen LogP contribution in [0.25, 0.3) is 5.69 Å². The predicted octanol–water partition coefficient (Wildman–Crippen LogP) is 3.52. The van der Waals surface area contributed by atoms with Crippen LogP contribution in [0.5, 0.6) is 0 Å². The molecule has 8 heteroatoms. The van der Waals surface area contributed by atoms with Crippen LogP contribution in [-0.4, -0.2) is 27.6 Å². The van der Waals surface area contributed by atoms with Crippen molar-refractivity contribution >= 4 is 5.91 Å². The molecule has 0 N–H and O–H groups in total. The van der Waals surface area contributed by atoms with Crippen LogP contribution in [0.15, 0.2) is 71.5 Å². The van der Waals surface area contributed by atoms with Crippen molar-refractivity contribution < 1.29 is 18.0 Å². The van der Waals surface area contributed by atoms with Gasteiger partial charge >= 0.3 is 6.18 Å². The van der Waals surface area contributed by atoms with Gasteiger partial charge in [-0.1, -0.05) is 30.3 Å². The maximum absolute atomic E-state index is 12.6. The highest BCUT2D eigenvalue weighted by Gasteiger charge is 2.30. The van der Waals surface area contributed by atoms with Crippen molar-refractivity contribution in [2.45, 2.75) is 12.7 Å². The second-order valence-electron chi connectivity index (χ2n) is 6.16. The van der Waals surface area contributed by atoms with E-state index in [1.807, 2.05) is 0 Å². The lowest BCUT2D eigenvalue weighted by atomic mass is 10.1. The lowest BCUT2D eigenvalue weighted by Crippen LogP contribution is -2.30. The van der Waals surface area contributed by atoms with E-state index in [9.17, 15) is 22.8 Å². The van der Waals surface area contributed by atoms with Gasteiger partial charge < -0.3 is 4.90 Å². The molecule has 0 fully saturated rings. The van der Waals surface area contributed by atoms with E-state index in [4.69, 9.17) is 0 Å². The zero-order valence-corrected chi connectivity index (χ0v) is 14.8. The fourth-order valence-corrected chi connectivity index (χ4v) is 2.62. The van der Waals surface area contributed by atoms with Crippen LogP contribution in [0, 0.1) is 0 Å². The third-order valence-electron chi connectivity index (χ3n) is 4.07. The molecule has 0 saturated carbocycles. The summed E-state index contributed by atoms with van der Waals surface area (Å²) in [6, 6.07) is 15.8. The summed E-state index contributed by atoms with van der Waals surface area (Å²) in [5.74, 6) is -0.454. The Hall–Kier alpha value is -3.42. The third kappa shape index (κ3) is 4.28. The van der Waals surface area contributed by atoms with E-state index >= 15 is 0 Å². The highest BCUT2D eigenvalue weighted by Crippen LogP contribution is 2.29. The van der Waals surface area contributed by atoms with E-state index < -0.39 is 17.6 Å². The Morgan fingerprint density at radius 1 is 1.00 bits per heavy atom. The summed E-state index contributed by atoms with van der Waals surface area (Å²) < 4.78 is 39.0. The molecule has 0 unspecified atom stereocenters. The number of nitrogens with zero attached hydrogens (tertiary/aromatic N) is 3. The molecular weight excluding hydrogens is 371 g/mol. The lowest BCUT2D eigenvalue weighted by molar-refractivity contribution is -0.137. The van der Waals surface area contributed by atoms with E-state index in [0.29, 0.717) is 11.3 Å². The third-order valence-corrected chi connectivity index (χ3v) is 4.07. The summed E-state index contributed by atoms with van der Waals surface area (Å²) in [7, 11) is 1.51. The molecule has 0 bridgehead atoms. The van der Waals surface area contributed by atoms with Crippen LogP contribution in [-0.2, 0) is 12.7 Å². The van der Waals surface area contributed by atoms with Gasteiger partial charge in [-0.3, -0.25) is 9.59 Å². The van der Waals surface area contributed by atoms with Gasteiger partial charge in [-0.2, -0.15) is 23.0 Å². The van der Waals surface area contributed by atoms with E-state index in [0.717, 1.165) is 16.8 Å². The molecule has 5 nitrogen and oxygen atoms in total. The first kappa shape index (κ1) is 19.3. The van der Waals surface area contributed by atoms with Gasteiger partial charge in [0.25, 0.3) is 11.5 Å². The molecule has 28 heavy (non-hydrogen) atoms. The fraction of sp³-hybridized carbons (Fsp3) is 0.150. The van der Waals surface area contributed by atoms with Crippen molar-refractivity contribution in [3.05, 3.63) is 93.9 Å². The average molecular weight is 387 g/mol. The number of benzene rings is 2. The van der Waals surface area contributed by atoms with Crippen LogP contribution in [0.2, 0.25) is 0 Å². The van der Waals surface area contributed by atoms with Crippen LogP contribution < -0.4 is 5.56 Å². The van der Waals surface area contributed by atoms with Gasteiger partial charge in [-0.15, -0.1) is 0 Å². The zero-order valence-electron chi connectivity index (χ0n) is 14.8. The molecule has 0 aliphatic rings. The normalized spacial score (nSPS) is 11.3. The first-order chi connectivity index (χ1) is 13.3. The minimum atomic E-state index is -4.41. The lowest BCUT2D eigenvalue weighted by Gasteiger charge is -2.17. The Morgan fingerprint density at radius 2 is 1.64 bits per heavy atom. The van der Waals surface area contributed by atoms with Crippen molar-refractivity contribution in [3.63, 3.8) is 0 Å².